The van der Waals surface area contributed by atoms with Crippen LogP contribution in [-0.4, -0.2) is 30.6 Å². The normalized spacial score (nSPS) is 17.8. The van der Waals surface area contributed by atoms with Gasteiger partial charge in [0.1, 0.15) is 6.04 Å². The largest absolute Gasteiger partial charge is 0.336 e. The summed E-state index contributed by atoms with van der Waals surface area (Å²) in [5.41, 5.74) is 2.13. The summed E-state index contributed by atoms with van der Waals surface area (Å²) in [6.45, 7) is 2.60. The number of amides is 3. The molecule has 1 aliphatic rings. The predicted molar refractivity (Wildman–Crippen MR) is 103 cm³/mol. The quantitative estimate of drug-likeness (QED) is 0.840. The summed E-state index contributed by atoms with van der Waals surface area (Å²) in [4.78, 5) is 26.5. The minimum atomic E-state index is -0.462. The maximum absolute atomic E-state index is 12.5. The molecule has 0 radical (unpaired) electrons. The molecule has 3 amide bonds. The van der Waals surface area contributed by atoms with Crippen LogP contribution >= 0.6 is 0 Å². The van der Waals surface area contributed by atoms with Gasteiger partial charge in [-0.15, -0.1) is 0 Å². The molecule has 5 nitrogen and oxygen atoms in total. The van der Waals surface area contributed by atoms with E-state index in [1.54, 1.807) is 4.90 Å². The summed E-state index contributed by atoms with van der Waals surface area (Å²) < 4.78 is 0. The van der Waals surface area contributed by atoms with Gasteiger partial charge in [0, 0.05) is 18.3 Å². The fraction of sp³-hybridized carbons (Fsp3) is 0.333. The molecule has 0 saturated carbocycles. The summed E-state index contributed by atoms with van der Waals surface area (Å²) in [5.74, 6) is -0.0525. The number of hydrogen-bond donors (Lipinski definition) is 2. The molecular formula is C21H25N3O2. The first-order valence-electron chi connectivity index (χ1n) is 9.11. The minimum Gasteiger partial charge on any atom is -0.336 e. The first-order chi connectivity index (χ1) is 12.6. The molecule has 1 heterocycles. The number of hydrogen-bond acceptors (Lipinski definition) is 2. The van der Waals surface area contributed by atoms with Crippen molar-refractivity contribution in [3.05, 3.63) is 66.2 Å². The van der Waals surface area contributed by atoms with E-state index >= 15 is 0 Å². The molecule has 2 aromatic rings. The summed E-state index contributed by atoms with van der Waals surface area (Å²) in [6.07, 6.45) is 2.39. The number of anilines is 1. The number of carbonyl (C=O) groups is 2. The molecule has 1 saturated heterocycles. The Kier molecular flexibility index (Phi) is 5.89. The maximum atomic E-state index is 12.5. The van der Waals surface area contributed by atoms with Crippen molar-refractivity contribution in [2.75, 3.05) is 11.4 Å². The van der Waals surface area contributed by atoms with Crippen LogP contribution in [0.4, 0.5) is 10.5 Å². The highest BCUT2D eigenvalue weighted by Gasteiger charge is 2.33. The van der Waals surface area contributed by atoms with Crippen LogP contribution in [0.3, 0.4) is 0 Å². The Balaban J connectivity index is 1.45. The van der Waals surface area contributed by atoms with Crippen LogP contribution in [-0.2, 0) is 11.2 Å². The second kappa shape index (κ2) is 8.52. The van der Waals surface area contributed by atoms with E-state index in [1.807, 2.05) is 55.5 Å². The number of aryl methyl sites for hydroxylation is 1. The summed E-state index contributed by atoms with van der Waals surface area (Å²) in [5, 5.41) is 5.75. The van der Waals surface area contributed by atoms with Crippen molar-refractivity contribution < 1.29 is 9.59 Å². The van der Waals surface area contributed by atoms with Crippen molar-refractivity contribution >= 4 is 17.6 Å². The number of rotatable bonds is 6. The van der Waals surface area contributed by atoms with Crippen molar-refractivity contribution in [3.8, 4) is 0 Å². The van der Waals surface area contributed by atoms with E-state index in [2.05, 4.69) is 22.8 Å². The summed E-state index contributed by atoms with van der Waals surface area (Å²) >= 11 is 0. The lowest BCUT2D eigenvalue weighted by atomic mass is 10.1. The molecule has 136 valence electrons. The number of carbonyl (C=O) groups excluding carboxylic acids is 2. The lowest BCUT2D eigenvalue weighted by Crippen LogP contribution is -2.48. The zero-order valence-corrected chi connectivity index (χ0v) is 15.0. The third kappa shape index (κ3) is 4.63. The van der Waals surface area contributed by atoms with Gasteiger partial charge in [0.05, 0.1) is 0 Å². The fourth-order valence-corrected chi connectivity index (χ4v) is 3.20. The average molecular weight is 351 g/mol. The molecule has 0 spiro atoms. The molecule has 0 bridgehead atoms. The summed E-state index contributed by atoms with van der Waals surface area (Å²) in [6, 6.07) is 19.1. The molecule has 1 fully saturated rings. The van der Waals surface area contributed by atoms with Crippen LogP contribution in [0.2, 0.25) is 0 Å². The van der Waals surface area contributed by atoms with Crippen LogP contribution in [0.25, 0.3) is 0 Å². The van der Waals surface area contributed by atoms with Gasteiger partial charge in [0.2, 0.25) is 5.91 Å². The molecule has 2 N–H and O–H groups in total. The van der Waals surface area contributed by atoms with E-state index in [0.717, 1.165) is 18.5 Å². The monoisotopic (exact) mass is 351 g/mol. The molecule has 2 atom stereocenters. The standard InChI is InChI=1S/C21H25N3O2/c1-16(12-13-17-8-4-2-5-9-17)22-21(26)23-19-14-15-24(20(19)25)18-10-6-3-7-11-18/h2-11,16,19H,12-15H2,1H3,(H2,22,23,26). The van der Waals surface area contributed by atoms with E-state index in [-0.39, 0.29) is 18.0 Å². The Bertz CT molecular complexity index is 733. The van der Waals surface area contributed by atoms with Crippen molar-refractivity contribution in [2.45, 2.75) is 38.3 Å². The van der Waals surface area contributed by atoms with Gasteiger partial charge in [0.15, 0.2) is 0 Å². The highest BCUT2D eigenvalue weighted by Crippen LogP contribution is 2.21. The predicted octanol–water partition coefficient (Wildman–Crippen LogP) is 3.11. The van der Waals surface area contributed by atoms with E-state index in [4.69, 9.17) is 0 Å². The highest BCUT2D eigenvalue weighted by molar-refractivity contribution is 6.01. The molecule has 5 heteroatoms. The van der Waals surface area contributed by atoms with E-state index < -0.39 is 6.04 Å². The van der Waals surface area contributed by atoms with Crippen molar-refractivity contribution in [1.82, 2.24) is 10.6 Å². The molecule has 26 heavy (non-hydrogen) atoms. The maximum Gasteiger partial charge on any atom is 0.315 e. The zero-order valence-electron chi connectivity index (χ0n) is 15.0. The van der Waals surface area contributed by atoms with Crippen LogP contribution in [0.5, 0.6) is 0 Å². The second-order valence-electron chi connectivity index (χ2n) is 6.71. The molecule has 0 aliphatic carbocycles. The fourth-order valence-electron chi connectivity index (χ4n) is 3.20. The summed E-state index contributed by atoms with van der Waals surface area (Å²) in [7, 11) is 0. The SMILES string of the molecule is CC(CCc1ccccc1)NC(=O)NC1CCN(c2ccccc2)C1=O. The minimum absolute atomic E-state index is 0.0388. The first-order valence-corrected chi connectivity index (χ1v) is 9.11. The Morgan fingerprint density at radius 3 is 2.46 bits per heavy atom. The van der Waals surface area contributed by atoms with Gasteiger partial charge in [-0.1, -0.05) is 48.5 Å². The number of benzene rings is 2. The van der Waals surface area contributed by atoms with Crippen LogP contribution < -0.4 is 15.5 Å². The smallest absolute Gasteiger partial charge is 0.315 e. The molecule has 1 aliphatic heterocycles. The van der Waals surface area contributed by atoms with Gasteiger partial charge in [0.25, 0.3) is 0 Å². The van der Waals surface area contributed by atoms with E-state index in [1.165, 1.54) is 5.56 Å². The number of nitrogens with zero attached hydrogens (tertiary/aromatic N) is 1. The first kappa shape index (κ1) is 18.0. The number of urea groups is 1. The van der Waals surface area contributed by atoms with Gasteiger partial charge in [-0.2, -0.15) is 0 Å². The highest BCUT2D eigenvalue weighted by atomic mass is 16.2. The zero-order chi connectivity index (χ0) is 18.4. The van der Waals surface area contributed by atoms with Gasteiger partial charge >= 0.3 is 6.03 Å². The van der Waals surface area contributed by atoms with Crippen LogP contribution in [0.15, 0.2) is 60.7 Å². The van der Waals surface area contributed by atoms with Gasteiger partial charge < -0.3 is 15.5 Å². The Morgan fingerprint density at radius 1 is 1.12 bits per heavy atom. The van der Waals surface area contributed by atoms with Crippen molar-refractivity contribution in [2.24, 2.45) is 0 Å². The van der Waals surface area contributed by atoms with Crippen LogP contribution in [0.1, 0.15) is 25.3 Å². The molecule has 0 aromatic heterocycles. The number of nitrogens with one attached hydrogen (secondary N) is 2. The van der Waals surface area contributed by atoms with E-state index in [9.17, 15) is 9.59 Å². The second-order valence-corrected chi connectivity index (χ2v) is 6.71. The lowest BCUT2D eigenvalue weighted by molar-refractivity contribution is -0.118. The average Bonchev–Trinajstić information content (AvgIpc) is 3.02. The topological polar surface area (TPSA) is 61.4 Å². The third-order valence-corrected chi connectivity index (χ3v) is 4.67. The molecule has 3 rings (SSSR count). The van der Waals surface area contributed by atoms with Crippen LogP contribution in [0, 0.1) is 0 Å². The Morgan fingerprint density at radius 2 is 1.77 bits per heavy atom. The molecule has 2 unspecified atom stereocenters. The molecular weight excluding hydrogens is 326 g/mol. The van der Waals surface area contributed by atoms with Crippen molar-refractivity contribution in [3.63, 3.8) is 0 Å². The van der Waals surface area contributed by atoms with Gasteiger partial charge in [-0.25, -0.2) is 4.79 Å². The lowest BCUT2D eigenvalue weighted by Gasteiger charge is -2.19. The molecule has 2 aromatic carbocycles. The van der Waals surface area contributed by atoms with E-state index in [0.29, 0.717) is 13.0 Å². The van der Waals surface area contributed by atoms with Crippen molar-refractivity contribution in [1.29, 1.82) is 0 Å². The Labute approximate surface area is 154 Å². The van der Waals surface area contributed by atoms with Gasteiger partial charge in [-0.05, 0) is 43.9 Å². The Hall–Kier alpha value is -2.82. The third-order valence-electron chi connectivity index (χ3n) is 4.67. The number of para-hydroxylation sites is 1. The van der Waals surface area contributed by atoms with Gasteiger partial charge in [-0.3, -0.25) is 4.79 Å².